The molecule has 1 atom stereocenters. The molecule has 2 nitrogen and oxygen atoms in total. The van der Waals surface area contributed by atoms with Crippen molar-refractivity contribution in [2.45, 2.75) is 30.4 Å². The molecule has 0 fully saturated rings. The first-order chi connectivity index (χ1) is 10.3. The highest BCUT2D eigenvalue weighted by Gasteiger charge is 2.20. The number of rotatable bonds is 3. The summed E-state index contributed by atoms with van der Waals surface area (Å²) in [6.07, 6.45) is 3.64. The number of anilines is 1. The second-order valence-electron chi connectivity index (χ2n) is 5.49. The highest BCUT2D eigenvalue weighted by atomic mass is 32.2. The van der Waals surface area contributed by atoms with Crippen LogP contribution in [0.25, 0.3) is 0 Å². The standard InChI is InChI=1S/C18H21NOS/c1-21-15-10-8-14(9-11-15)13-19-12-4-7-18(20)16-5-2-3-6-17(16)19/h2-3,5-6,8-11,18,20H,4,7,12-13H2,1H3/t18-/m1/s1. The number of fused-ring (bicyclic) bond motifs is 1. The molecule has 3 heteroatoms. The van der Waals surface area contributed by atoms with E-state index in [1.807, 2.05) is 6.07 Å². The number of benzene rings is 2. The van der Waals surface area contributed by atoms with Crippen molar-refractivity contribution < 1.29 is 5.11 Å². The van der Waals surface area contributed by atoms with Crippen LogP contribution in [0.1, 0.15) is 30.1 Å². The van der Waals surface area contributed by atoms with Crippen LogP contribution in [0.5, 0.6) is 0 Å². The quantitative estimate of drug-likeness (QED) is 0.857. The second-order valence-corrected chi connectivity index (χ2v) is 6.37. The van der Waals surface area contributed by atoms with E-state index in [4.69, 9.17) is 0 Å². The van der Waals surface area contributed by atoms with Gasteiger partial charge in [0.15, 0.2) is 0 Å². The average molecular weight is 299 g/mol. The number of para-hydroxylation sites is 1. The van der Waals surface area contributed by atoms with Gasteiger partial charge < -0.3 is 10.0 Å². The fourth-order valence-corrected chi connectivity index (χ4v) is 3.33. The van der Waals surface area contributed by atoms with Gasteiger partial charge in [0.25, 0.3) is 0 Å². The fourth-order valence-electron chi connectivity index (χ4n) is 2.92. The maximum atomic E-state index is 10.3. The molecule has 0 amide bonds. The van der Waals surface area contributed by atoms with Gasteiger partial charge >= 0.3 is 0 Å². The van der Waals surface area contributed by atoms with Crippen LogP contribution in [0.4, 0.5) is 5.69 Å². The highest BCUT2D eigenvalue weighted by molar-refractivity contribution is 7.98. The summed E-state index contributed by atoms with van der Waals surface area (Å²) in [6.45, 7) is 1.90. The zero-order valence-electron chi connectivity index (χ0n) is 12.3. The number of hydrogen-bond donors (Lipinski definition) is 1. The van der Waals surface area contributed by atoms with E-state index in [1.54, 1.807) is 11.8 Å². The number of nitrogens with zero attached hydrogens (tertiary/aromatic N) is 1. The molecule has 21 heavy (non-hydrogen) atoms. The molecule has 0 aliphatic carbocycles. The normalized spacial score (nSPS) is 18.2. The Morgan fingerprint density at radius 1 is 1.14 bits per heavy atom. The van der Waals surface area contributed by atoms with Crippen LogP contribution in [-0.2, 0) is 6.54 Å². The number of aliphatic hydroxyl groups excluding tert-OH is 1. The summed E-state index contributed by atoms with van der Waals surface area (Å²) in [7, 11) is 0. The van der Waals surface area contributed by atoms with E-state index in [-0.39, 0.29) is 6.10 Å². The van der Waals surface area contributed by atoms with Gasteiger partial charge in [0.2, 0.25) is 0 Å². The van der Waals surface area contributed by atoms with Gasteiger partial charge in [0.1, 0.15) is 0 Å². The minimum absolute atomic E-state index is 0.329. The van der Waals surface area contributed by atoms with Crippen molar-refractivity contribution in [2.75, 3.05) is 17.7 Å². The summed E-state index contributed by atoms with van der Waals surface area (Å²) in [6, 6.07) is 17.0. The summed E-state index contributed by atoms with van der Waals surface area (Å²) in [5, 5.41) is 10.3. The van der Waals surface area contributed by atoms with Crippen molar-refractivity contribution in [3.05, 3.63) is 59.7 Å². The van der Waals surface area contributed by atoms with Crippen LogP contribution in [0, 0.1) is 0 Å². The molecule has 1 aliphatic heterocycles. The second kappa shape index (κ2) is 6.54. The third kappa shape index (κ3) is 3.25. The van der Waals surface area contributed by atoms with Gasteiger partial charge in [0, 0.05) is 29.2 Å². The SMILES string of the molecule is CSc1ccc(CN2CCC[C@@H](O)c3ccccc32)cc1. The molecular formula is C18H21NOS. The molecule has 110 valence electrons. The summed E-state index contributed by atoms with van der Waals surface area (Å²) in [4.78, 5) is 3.69. The summed E-state index contributed by atoms with van der Waals surface area (Å²) >= 11 is 1.77. The smallest absolute Gasteiger partial charge is 0.0810 e. The Bertz CT molecular complexity index is 596. The third-order valence-corrected chi connectivity index (χ3v) is 4.82. The van der Waals surface area contributed by atoms with E-state index in [0.29, 0.717) is 0 Å². The van der Waals surface area contributed by atoms with Gasteiger partial charge in [-0.05, 0) is 42.9 Å². The molecule has 0 spiro atoms. The Morgan fingerprint density at radius 3 is 2.67 bits per heavy atom. The molecule has 1 N–H and O–H groups in total. The van der Waals surface area contributed by atoms with Gasteiger partial charge in [-0.25, -0.2) is 0 Å². The van der Waals surface area contributed by atoms with Gasteiger partial charge in [-0.2, -0.15) is 0 Å². The molecule has 0 unspecified atom stereocenters. The molecular weight excluding hydrogens is 278 g/mol. The van der Waals surface area contributed by atoms with Crippen LogP contribution in [-0.4, -0.2) is 17.9 Å². The highest BCUT2D eigenvalue weighted by Crippen LogP contribution is 2.33. The maximum Gasteiger partial charge on any atom is 0.0810 e. The zero-order chi connectivity index (χ0) is 14.7. The van der Waals surface area contributed by atoms with Crippen molar-refractivity contribution >= 4 is 17.4 Å². The Balaban J connectivity index is 1.85. The van der Waals surface area contributed by atoms with E-state index in [1.165, 1.54) is 16.1 Å². The van der Waals surface area contributed by atoms with Crippen LogP contribution < -0.4 is 4.90 Å². The van der Waals surface area contributed by atoms with Crippen molar-refractivity contribution in [1.82, 2.24) is 0 Å². The van der Waals surface area contributed by atoms with E-state index >= 15 is 0 Å². The monoisotopic (exact) mass is 299 g/mol. The van der Waals surface area contributed by atoms with E-state index in [0.717, 1.165) is 31.5 Å². The Morgan fingerprint density at radius 2 is 1.90 bits per heavy atom. The molecule has 0 radical (unpaired) electrons. The number of aliphatic hydroxyl groups is 1. The number of hydrogen-bond acceptors (Lipinski definition) is 3. The predicted molar refractivity (Wildman–Crippen MR) is 89.9 cm³/mol. The van der Waals surface area contributed by atoms with E-state index in [2.05, 4.69) is 53.6 Å². The summed E-state index contributed by atoms with van der Waals surface area (Å²) in [5.41, 5.74) is 3.56. The van der Waals surface area contributed by atoms with Crippen LogP contribution >= 0.6 is 11.8 Å². The van der Waals surface area contributed by atoms with Crippen molar-refractivity contribution in [3.63, 3.8) is 0 Å². The summed E-state index contributed by atoms with van der Waals surface area (Å²) < 4.78 is 0. The third-order valence-electron chi connectivity index (χ3n) is 4.07. The predicted octanol–water partition coefficient (Wildman–Crippen LogP) is 4.24. The van der Waals surface area contributed by atoms with Gasteiger partial charge in [0.05, 0.1) is 6.10 Å². The minimum atomic E-state index is -0.329. The molecule has 1 heterocycles. The molecule has 1 aliphatic rings. The fraction of sp³-hybridized carbons (Fsp3) is 0.333. The number of thioether (sulfide) groups is 1. The first-order valence-electron chi connectivity index (χ1n) is 7.43. The van der Waals surface area contributed by atoms with Gasteiger partial charge in [-0.15, -0.1) is 11.8 Å². The lowest BCUT2D eigenvalue weighted by atomic mass is 10.0. The van der Waals surface area contributed by atoms with Gasteiger partial charge in [-0.3, -0.25) is 0 Å². The maximum absolute atomic E-state index is 10.3. The lowest BCUT2D eigenvalue weighted by Crippen LogP contribution is -2.23. The van der Waals surface area contributed by atoms with Crippen LogP contribution in [0.3, 0.4) is 0 Å². The van der Waals surface area contributed by atoms with Crippen molar-refractivity contribution in [2.24, 2.45) is 0 Å². The molecule has 0 saturated carbocycles. The topological polar surface area (TPSA) is 23.5 Å². The molecule has 2 aromatic carbocycles. The van der Waals surface area contributed by atoms with Crippen LogP contribution in [0.2, 0.25) is 0 Å². The van der Waals surface area contributed by atoms with E-state index < -0.39 is 0 Å². The Kier molecular flexibility index (Phi) is 4.51. The molecule has 2 aromatic rings. The minimum Gasteiger partial charge on any atom is -0.388 e. The molecule has 0 saturated heterocycles. The first kappa shape index (κ1) is 14.5. The lowest BCUT2D eigenvalue weighted by molar-refractivity contribution is 0.168. The summed E-state index contributed by atoms with van der Waals surface area (Å²) in [5.74, 6) is 0. The lowest BCUT2D eigenvalue weighted by Gasteiger charge is -2.25. The average Bonchev–Trinajstić information content (AvgIpc) is 2.69. The largest absolute Gasteiger partial charge is 0.388 e. The van der Waals surface area contributed by atoms with Crippen LogP contribution in [0.15, 0.2) is 53.4 Å². The van der Waals surface area contributed by atoms with Crippen molar-refractivity contribution in [3.8, 4) is 0 Å². The van der Waals surface area contributed by atoms with Crippen molar-refractivity contribution in [1.29, 1.82) is 0 Å². The zero-order valence-corrected chi connectivity index (χ0v) is 13.1. The van der Waals surface area contributed by atoms with Gasteiger partial charge in [-0.1, -0.05) is 30.3 Å². The molecule has 3 rings (SSSR count). The Hall–Kier alpha value is -1.45. The molecule has 0 bridgehead atoms. The molecule has 0 aromatic heterocycles. The van der Waals surface area contributed by atoms with E-state index in [9.17, 15) is 5.11 Å². The first-order valence-corrected chi connectivity index (χ1v) is 8.65. The Labute approximate surface area is 130 Å².